The van der Waals surface area contributed by atoms with Gasteiger partial charge in [-0.2, -0.15) is 0 Å². The van der Waals surface area contributed by atoms with Crippen LogP contribution < -0.4 is 16.2 Å². The molecule has 4 aromatic rings. The van der Waals surface area contributed by atoms with E-state index >= 15 is 0 Å². The number of thioether (sulfide) groups is 1. The second kappa shape index (κ2) is 12.5. The summed E-state index contributed by atoms with van der Waals surface area (Å²) in [6.07, 6.45) is 2.18. The number of amides is 1. The summed E-state index contributed by atoms with van der Waals surface area (Å²) >= 11 is 1.67. The van der Waals surface area contributed by atoms with Crippen LogP contribution in [0.4, 0.5) is 0 Å². The first-order chi connectivity index (χ1) is 18.6. The Morgan fingerprint density at radius 3 is 2.59 bits per heavy atom. The third-order valence-electron chi connectivity index (χ3n) is 6.71. The first-order valence-corrected chi connectivity index (χ1v) is 14.1. The lowest BCUT2D eigenvalue weighted by Gasteiger charge is -2.28. The molecule has 0 aliphatic heterocycles. The quantitative estimate of drug-likeness (QED) is 0.178. The number of benzene rings is 3. The van der Waals surface area contributed by atoms with Crippen molar-refractivity contribution < 1.29 is 15.0 Å². The van der Waals surface area contributed by atoms with Gasteiger partial charge in [-0.25, -0.2) is 0 Å². The highest BCUT2D eigenvalue weighted by molar-refractivity contribution is 7.98. The molecular formula is C31H35N3O4S. The molecule has 0 saturated carbocycles. The highest BCUT2D eigenvalue weighted by Crippen LogP contribution is 2.29. The van der Waals surface area contributed by atoms with Gasteiger partial charge in [0.15, 0.2) is 0 Å². The molecule has 1 heterocycles. The Bertz CT molecular complexity index is 1520. The molecule has 39 heavy (non-hydrogen) atoms. The summed E-state index contributed by atoms with van der Waals surface area (Å²) < 4.78 is 0. The van der Waals surface area contributed by atoms with Crippen molar-refractivity contribution in [2.45, 2.75) is 49.8 Å². The number of hydrogen-bond acceptors (Lipinski definition) is 6. The summed E-state index contributed by atoms with van der Waals surface area (Å²) in [6, 6.07) is 22.2. The van der Waals surface area contributed by atoms with E-state index in [4.69, 9.17) is 0 Å². The molecule has 0 aliphatic carbocycles. The van der Waals surface area contributed by atoms with Crippen molar-refractivity contribution >= 4 is 28.6 Å². The number of aromatic amines is 1. The van der Waals surface area contributed by atoms with Gasteiger partial charge in [-0.15, -0.1) is 11.8 Å². The van der Waals surface area contributed by atoms with Crippen LogP contribution >= 0.6 is 11.8 Å². The normalized spacial score (nSPS) is 12.4. The van der Waals surface area contributed by atoms with E-state index in [9.17, 15) is 19.8 Å². The largest absolute Gasteiger partial charge is 0.506 e. The monoisotopic (exact) mass is 545 g/mol. The molecule has 7 nitrogen and oxygen atoms in total. The van der Waals surface area contributed by atoms with Gasteiger partial charge in [-0.3, -0.25) is 9.59 Å². The summed E-state index contributed by atoms with van der Waals surface area (Å²) in [5, 5.41) is 28.1. The number of aliphatic hydroxyl groups is 1. The van der Waals surface area contributed by atoms with Crippen molar-refractivity contribution in [2.75, 3.05) is 12.8 Å². The number of phenols is 1. The van der Waals surface area contributed by atoms with Crippen LogP contribution in [0.2, 0.25) is 0 Å². The minimum atomic E-state index is -0.843. The van der Waals surface area contributed by atoms with Gasteiger partial charge in [-0.05, 0) is 67.0 Å². The number of phenolic OH excluding ortho intramolecular Hbond substituents is 1. The fraction of sp³-hybridized carbons (Fsp3) is 0.290. The van der Waals surface area contributed by atoms with Gasteiger partial charge in [0, 0.05) is 35.0 Å². The number of aliphatic hydroxyl groups excluding tert-OH is 1. The zero-order chi connectivity index (χ0) is 28.0. The topological polar surface area (TPSA) is 114 Å². The predicted molar refractivity (Wildman–Crippen MR) is 157 cm³/mol. The van der Waals surface area contributed by atoms with Crippen molar-refractivity contribution in [3.8, 4) is 5.75 Å². The summed E-state index contributed by atoms with van der Waals surface area (Å²) in [4.78, 5) is 28.1. The molecule has 5 N–H and O–H groups in total. The smallest absolute Gasteiger partial charge is 0.248 e. The lowest BCUT2D eigenvalue weighted by atomic mass is 9.92. The number of fused-ring (bicyclic) bond motifs is 1. The summed E-state index contributed by atoms with van der Waals surface area (Å²) in [6.45, 7) is 4.91. The highest BCUT2D eigenvalue weighted by atomic mass is 32.2. The van der Waals surface area contributed by atoms with Gasteiger partial charge in [-0.1, -0.05) is 48.5 Å². The molecule has 0 saturated heterocycles. The Morgan fingerprint density at radius 2 is 1.79 bits per heavy atom. The Kier molecular flexibility index (Phi) is 9.12. The van der Waals surface area contributed by atoms with Gasteiger partial charge in [0.25, 0.3) is 0 Å². The first kappa shape index (κ1) is 28.4. The maximum atomic E-state index is 12.6. The molecule has 0 unspecified atom stereocenters. The molecule has 0 fully saturated rings. The molecule has 3 aromatic carbocycles. The molecule has 4 rings (SSSR count). The lowest BCUT2D eigenvalue weighted by molar-refractivity contribution is -0.120. The van der Waals surface area contributed by atoms with Crippen LogP contribution in [0, 0.1) is 0 Å². The number of carbonyl (C=O) groups excluding carboxylic acids is 1. The van der Waals surface area contributed by atoms with E-state index in [1.165, 1.54) is 12.1 Å². The average Bonchev–Trinajstić information content (AvgIpc) is 2.91. The number of aromatic hydroxyl groups is 1. The molecule has 8 heteroatoms. The molecule has 1 aromatic heterocycles. The Balaban J connectivity index is 1.35. The van der Waals surface area contributed by atoms with Crippen LogP contribution in [-0.4, -0.2) is 39.4 Å². The standard InChI is InChI=1S/C31H35N3O4S/c1-31(2,33-19-26(36)23-11-13-25(35)30-24(23)12-14-28(37)34-30)17-21-8-6-7-20(15-21)16-29(38)32-18-22-9-4-5-10-27(22)39-3/h4-15,26,33,35-36H,16-19H2,1-3H3,(H,32,38)(H,34,37)/t26-/m1/s1. The number of hydrogen-bond donors (Lipinski definition) is 5. The van der Waals surface area contributed by atoms with Crippen molar-refractivity contribution in [3.63, 3.8) is 0 Å². The fourth-order valence-corrected chi connectivity index (χ4v) is 5.36. The molecule has 0 radical (unpaired) electrons. The molecule has 0 aliphatic rings. The van der Waals surface area contributed by atoms with E-state index in [0.29, 0.717) is 35.9 Å². The molecule has 1 atom stereocenters. The van der Waals surface area contributed by atoms with Crippen LogP contribution in [0.3, 0.4) is 0 Å². The predicted octanol–water partition coefficient (Wildman–Crippen LogP) is 4.46. The number of rotatable bonds is 11. The molecule has 204 valence electrons. The summed E-state index contributed by atoms with van der Waals surface area (Å²) in [5.74, 6) is -0.0590. The summed E-state index contributed by atoms with van der Waals surface area (Å²) in [5.41, 5.74) is 3.42. The zero-order valence-electron chi connectivity index (χ0n) is 22.5. The maximum Gasteiger partial charge on any atom is 0.248 e. The van der Waals surface area contributed by atoms with Gasteiger partial charge in [0.1, 0.15) is 5.75 Å². The van der Waals surface area contributed by atoms with E-state index in [-0.39, 0.29) is 29.3 Å². The number of pyridine rings is 1. The van der Waals surface area contributed by atoms with Gasteiger partial charge in [0.2, 0.25) is 11.5 Å². The van der Waals surface area contributed by atoms with E-state index in [1.807, 2.05) is 42.7 Å². The van der Waals surface area contributed by atoms with Crippen LogP contribution in [-0.2, 0) is 24.2 Å². The Morgan fingerprint density at radius 1 is 1.03 bits per heavy atom. The second-order valence-electron chi connectivity index (χ2n) is 10.3. The minimum Gasteiger partial charge on any atom is -0.506 e. The van der Waals surface area contributed by atoms with E-state index in [0.717, 1.165) is 21.6 Å². The minimum absolute atomic E-state index is 0.0222. The van der Waals surface area contributed by atoms with Crippen molar-refractivity contribution in [3.05, 3.63) is 105 Å². The molecular weight excluding hydrogens is 510 g/mol. The third-order valence-corrected chi connectivity index (χ3v) is 7.55. The third kappa shape index (κ3) is 7.50. The van der Waals surface area contributed by atoms with Crippen LogP contribution in [0.25, 0.3) is 10.9 Å². The van der Waals surface area contributed by atoms with Crippen LogP contribution in [0.5, 0.6) is 5.75 Å². The molecule has 0 bridgehead atoms. The van der Waals surface area contributed by atoms with Gasteiger partial charge in [0.05, 0.1) is 18.0 Å². The maximum absolute atomic E-state index is 12.6. The van der Waals surface area contributed by atoms with E-state index < -0.39 is 6.10 Å². The number of aromatic nitrogens is 1. The number of carbonyl (C=O) groups is 1. The second-order valence-corrected chi connectivity index (χ2v) is 11.2. The van der Waals surface area contributed by atoms with Crippen LogP contribution in [0.1, 0.15) is 42.2 Å². The summed E-state index contributed by atoms with van der Waals surface area (Å²) in [7, 11) is 0. The number of nitrogens with one attached hydrogen (secondary N) is 3. The number of H-pyrrole nitrogens is 1. The zero-order valence-corrected chi connectivity index (χ0v) is 23.3. The first-order valence-electron chi connectivity index (χ1n) is 12.9. The molecule has 1 amide bonds. The number of β-amino-alcohol motifs (C(OH)–C–C–N with tert-alkyl or cyclic N) is 1. The lowest BCUT2D eigenvalue weighted by Crippen LogP contribution is -2.43. The van der Waals surface area contributed by atoms with E-state index in [1.54, 1.807) is 23.9 Å². The Hall–Kier alpha value is -3.59. The van der Waals surface area contributed by atoms with Gasteiger partial charge >= 0.3 is 0 Å². The van der Waals surface area contributed by atoms with Gasteiger partial charge < -0.3 is 25.8 Å². The SMILES string of the molecule is CSc1ccccc1CNC(=O)Cc1cccc(CC(C)(C)NC[C@@H](O)c2ccc(O)c3[nH]c(=O)ccc23)c1. The fourth-order valence-electron chi connectivity index (χ4n) is 4.75. The highest BCUT2D eigenvalue weighted by Gasteiger charge is 2.21. The van der Waals surface area contributed by atoms with Crippen molar-refractivity contribution in [2.24, 2.45) is 0 Å². The van der Waals surface area contributed by atoms with Crippen molar-refractivity contribution in [1.82, 2.24) is 15.6 Å². The average molecular weight is 546 g/mol. The van der Waals surface area contributed by atoms with E-state index in [2.05, 4.69) is 41.6 Å². The Labute approximate surface area is 232 Å². The van der Waals surface area contributed by atoms with Crippen molar-refractivity contribution in [1.29, 1.82) is 0 Å². The van der Waals surface area contributed by atoms with Crippen LogP contribution in [0.15, 0.2) is 82.5 Å². The molecule has 0 spiro atoms.